The van der Waals surface area contributed by atoms with Gasteiger partial charge in [-0.1, -0.05) is 6.07 Å². The van der Waals surface area contributed by atoms with E-state index < -0.39 is 11.6 Å². The number of aromatic nitrogens is 3. The number of rotatable bonds is 1. The fourth-order valence-corrected chi connectivity index (χ4v) is 1.69. The maximum Gasteiger partial charge on any atom is 0.221 e. The Balaban J connectivity index is 2.26. The van der Waals surface area contributed by atoms with Crippen molar-refractivity contribution < 1.29 is 8.78 Å². The summed E-state index contributed by atoms with van der Waals surface area (Å²) in [5.41, 5.74) is 1.79. The SMILES string of the molecule is Fc1ccc(-c2cccn3n[c]nc23)cc1F. The van der Waals surface area contributed by atoms with Crippen LogP contribution in [-0.4, -0.2) is 14.6 Å². The summed E-state index contributed by atoms with van der Waals surface area (Å²) >= 11 is 0. The van der Waals surface area contributed by atoms with Crippen molar-refractivity contribution >= 4 is 5.65 Å². The molecule has 3 aromatic rings. The van der Waals surface area contributed by atoms with Crippen LogP contribution in [0.2, 0.25) is 0 Å². The van der Waals surface area contributed by atoms with E-state index in [-0.39, 0.29) is 0 Å². The summed E-state index contributed by atoms with van der Waals surface area (Å²) in [6, 6.07) is 7.26. The van der Waals surface area contributed by atoms with Crippen LogP contribution in [0.5, 0.6) is 0 Å². The molecule has 2 aromatic heterocycles. The molecule has 0 unspecified atom stereocenters. The highest BCUT2D eigenvalue weighted by atomic mass is 19.2. The molecule has 1 aromatic carbocycles. The van der Waals surface area contributed by atoms with E-state index >= 15 is 0 Å². The fourth-order valence-electron chi connectivity index (χ4n) is 1.69. The molecule has 0 aliphatic heterocycles. The number of halogens is 2. The highest BCUT2D eigenvalue weighted by Gasteiger charge is 2.08. The Morgan fingerprint density at radius 1 is 1.12 bits per heavy atom. The van der Waals surface area contributed by atoms with Crippen molar-refractivity contribution in [3.63, 3.8) is 0 Å². The molecule has 3 rings (SSSR count). The van der Waals surface area contributed by atoms with Gasteiger partial charge in [-0.3, -0.25) is 0 Å². The lowest BCUT2D eigenvalue weighted by Crippen LogP contribution is -1.91. The standard InChI is InChI=1S/C12H6F2N3/c13-10-4-3-8(6-11(10)14)9-2-1-5-17-12(9)15-7-16-17/h1-6H. The smallest absolute Gasteiger partial charge is 0.220 e. The molecule has 0 aliphatic carbocycles. The predicted octanol–water partition coefficient (Wildman–Crippen LogP) is 2.47. The van der Waals surface area contributed by atoms with Gasteiger partial charge in [-0.25, -0.2) is 18.3 Å². The van der Waals surface area contributed by atoms with E-state index in [4.69, 9.17) is 0 Å². The van der Waals surface area contributed by atoms with E-state index in [1.807, 2.05) is 0 Å². The van der Waals surface area contributed by atoms with Crippen LogP contribution in [0.3, 0.4) is 0 Å². The van der Waals surface area contributed by atoms with Gasteiger partial charge < -0.3 is 0 Å². The molecule has 0 bridgehead atoms. The molecule has 0 aliphatic rings. The lowest BCUT2D eigenvalue weighted by molar-refractivity contribution is 0.509. The van der Waals surface area contributed by atoms with E-state index in [9.17, 15) is 8.78 Å². The Morgan fingerprint density at radius 2 is 2.00 bits per heavy atom. The number of pyridine rings is 1. The van der Waals surface area contributed by atoms with Gasteiger partial charge in [0.1, 0.15) is 0 Å². The number of hydrogen-bond donors (Lipinski definition) is 0. The summed E-state index contributed by atoms with van der Waals surface area (Å²) in [5.74, 6) is -1.75. The summed E-state index contributed by atoms with van der Waals surface area (Å²) in [7, 11) is 0. The maximum absolute atomic E-state index is 13.2. The van der Waals surface area contributed by atoms with Crippen LogP contribution in [0.15, 0.2) is 36.5 Å². The third kappa shape index (κ3) is 1.56. The molecule has 5 heteroatoms. The van der Waals surface area contributed by atoms with Crippen LogP contribution in [0, 0.1) is 18.0 Å². The highest BCUT2D eigenvalue weighted by molar-refractivity contribution is 5.76. The van der Waals surface area contributed by atoms with Crippen molar-refractivity contribution in [2.24, 2.45) is 0 Å². The molecule has 3 nitrogen and oxygen atoms in total. The first-order chi connectivity index (χ1) is 8.25. The first kappa shape index (κ1) is 9.89. The van der Waals surface area contributed by atoms with Crippen molar-refractivity contribution in [2.45, 2.75) is 0 Å². The van der Waals surface area contributed by atoms with Gasteiger partial charge in [0.25, 0.3) is 0 Å². The maximum atomic E-state index is 13.2. The summed E-state index contributed by atoms with van der Waals surface area (Å²) in [6.45, 7) is 0. The van der Waals surface area contributed by atoms with E-state index in [0.717, 1.165) is 12.1 Å². The van der Waals surface area contributed by atoms with E-state index in [0.29, 0.717) is 16.8 Å². The molecule has 0 saturated carbocycles. The summed E-state index contributed by atoms with van der Waals surface area (Å²) in [5, 5.41) is 3.86. The molecule has 17 heavy (non-hydrogen) atoms. The van der Waals surface area contributed by atoms with Crippen molar-refractivity contribution in [1.82, 2.24) is 14.6 Å². The van der Waals surface area contributed by atoms with E-state index in [1.165, 1.54) is 10.6 Å². The zero-order valence-electron chi connectivity index (χ0n) is 8.56. The summed E-state index contributed by atoms with van der Waals surface area (Å²) in [6.07, 6.45) is 4.18. The summed E-state index contributed by atoms with van der Waals surface area (Å²) < 4.78 is 27.5. The van der Waals surface area contributed by atoms with Gasteiger partial charge in [-0.15, -0.1) is 5.10 Å². The Labute approximate surface area is 95.3 Å². The molecule has 0 fully saturated rings. The van der Waals surface area contributed by atoms with Gasteiger partial charge >= 0.3 is 0 Å². The van der Waals surface area contributed by atoms with Crippen molar-refractivity contribution in [3.8, 4) is 11.1 Å². The zero-order valence-corrected chi connectivity index (χ0v) is 8.56. The van der Waals surface area contributed by atoms with Crippen LogP contribution >= 0.6 is 0 Å². The average molecular weight is 230 g/mol. The average Bonchev–Trinajstić information content (AvgIpc) is 2.80. The Kier molecular flexibility index (Phi) is 2.11. The predicted molar refractivity (Wildman–Crippen MR) is 57.2 cm³/mol. The van der Waals surface area contributed by atoms with E-state index in [2.05, 4.69) is 16.4 Å². The van der Waals surface area contributed by atoms with E-state index in [1.54, 1.807) is 18.3 Å². The molecule has 0 N–H and O–H groups in total. The molecule has 2 heterocycles. The van der Waals surface area contributed by atoms with Gasteiger partial charge in [0.05, 0.1) is 0 Å². The van der Waals surface area contributed by atoms with Crippen LogP contribution in [0.4, 0.5) is 8.78 Å². The number of nitrogens with zero attached hydrogens (tertiary/aromatic N) is 3. The number of hydrogen-bond acceptors (Lipinski definition) is 2. The highest BCUT2D eigenvalue weighted by Crippen LogP contribution is 2.24. The fraction of sp³-hybridized carbons (Fsp3) is 0. The molecule has 0 saturated heterocycles. The number of fused-ring (bicyclic) bond motifs is 1. The van der Waals surface area contributed by atoms with Gasteiger partial charge in [0.15, 0.2) is 17.3 Å². The van der Waals surface area contributed by atoms with Crippen LogP contribution in [0.1, 0.15) is 0 Å². The van der Waals surface area contributed by atoms with Gasteiger partial charge in [0, 0.05) is 11.8 Å². The molecule has 83 valence electrons. The quantitative estimate of drug-likeness (QED) is 0.642. The van der Waals surface area contributed by atoms with Crippen LogP contribution in [0.25, 0.3) is 16.8 Å². The van der Waals surface area contributed by atoms with Gasteiger partial charge in [0.2, 0.25) is 6.33 Å². The zero-order chi connectivity index (χ0) is 11.8. The van der Waals surface area contributed by atoms with Crippen molar-refractivity contribution in [3.05, 3.63) is 54.5 Å². The van der Waals surface area contributed by atoms with Gasteiger partial charge in [-0.2, -0.15) is 0 Å². The second kappa shape index (κ2) is 3.62. The third-order valence-corrected chi connectivity index (χ3v) is 2.49. The third-order valence-electron chi connectivity index (χ3n) is 2.49. The molecule has 0 spiro atoms. The number of benzene rings is 1. The van der Waals surface area contributed by atoms with Crippen LogP contribution in [-0.2, 0) is 0 Å². The summed E-state index contributed by atoms with van der Waals surface area (Å²) in [4.78, 5) is 3.96. The lowest BCUT2D eigenvalue weighted by Gasteiger charge is -2.03. The Bertz CT molecular complexity index is 691. The Morgan fingerprint density at radius 3 is 2.82 bits per heavy atom. The second-order valence-electron chi connectivity index (χ2n) is 3.53. The second-order valence-corrected chi connectivity index (χ2v) is 3.53. The van der Waals surface area contributed by atoms with Gasteiger partial charge in [-0.05, 0) is 29.8 Å². The minimum Gasteiger partial charge on any atom is -0.220 e. The minimum atomic E-state index is -0.881. The topological polar surface area (TPSA) is 30.2 Å². The molecule has 0 amide bonds. The van der Waals surface area contributed by atoms with Crippen LogP contribution < -0.4 is 0 Å². The van der Waals surface area contributed by atoms with Crippen molar-refractivity contribution in [2.75, 3.05) is 0 Å². The molecular weight excluding hydrogens is 224 g/mol. The normalized spacial score (nSPS) is 10.9. The molecule has 1 radical (unpaired) electrons. The molecule has 0 atom stereocenters. The first-order valence-electron chi connectivity index (χ1n) is 4.92. The Hall–Kier alpha value is -2.30. The monoisotopic (exact) mass is 230 g/mol. The van der Waals surface area contributed by atoms with Crippen molar-refractivity contribution in [1.29, 1.82) is 0 Å². The minimum absolute atomic E-state index is 0.552. The molecular formula is C12H6F2N3. The first-order valence-corrected chi connectivity index (χ1v) is 4.92. The lowest BCUT2D eigenvalue weighted by atomic mass is 10.1. The largest absolute Gasteiger partial charge is 0.221 e.